The molecule has 5 heterocycles. The summed E-state index contributed by atoms with van der Waals surface area (Å²) < 4.78 is 24.5. The Morgan fingerprint density at radius 2 is 0.626 bits per heavy atom. The van der Waals surface area contributed by atoms with Crippen LogP contribution in [0.1, 0.15) is 306 Å². The van der Waals surface area contributed by atoms with Crippen molar-refractivity contribution in [2.24, 2.45) is 20.0 Å². The molecular formula is C89H117ClN6O3. The first-order valence-electron chi connectivity index (χ1n) is 39.9. The average Bonchev–Trinajstić information content (AvgIpc) is 1.53. The molecule has 0 spiro atoms. The monoisotopic (exact) mass is 1350 g/mol. The number of nitrogens with zero attached hydrogens (tertiary/aromatic N) is 6. The van der Waals surface area contributed by atoms with E-state index in [-0.39, 0.29) is 0 Å². The number of alkyl halides is 1. The Bertz CT molecular complexity index is 4040. The molecule has 3 aliphatic rings. The van der Waals surface area contributed by atoms with Crippen molar-refractivity contribution in [2.75, 3.05) is 0 Å². The molecule has 528 valence electrons. The molecule has 0 amide bonds. The lowest BCUT2D eigenvalue weighted by Gasteiger charge is -2.31. The third kappa shape index (κ3) is 20.6. The predicted molar refractivity (Wildman–Crippen MR) is 418 cm³/mol. The molecule has 6 aromatic carbocycles. The van der Waals surface area contributed by atoms with Crippen LogP contribution in [0.5, 0.6) is 34.5 Å². The van der Waals surface area contributed by atoms with Gasteiger partial charge in [-0.15, -0.1) is 0 Å². The smallest absolute Gasteiger partial charge is 0.201 e. The Morgan fingerprint density at radius 1 is 0.293 bits per heavy atom. The summed E-state index contributed by atoms with van der Waals surface area (Å²) in [6.07, 6.45) is 55.7. The molecule has 1 unspecified atom stereocenters. The summed E-state index contributed by atoms with van der Waals surface area (Å²) in [6, 6.07) is 44.5. The van der Waals surface area contributed by atoms with Crippen LogP contribution in [0.4, 0.5) is 11.6 Å². The van der Waals surface area contributed by atoms with Gasteiger partial charge in [-0.1, -0.05) is 300 Å². The van der Waals surface area contributed by atoms with E-state index in [9.17, 15) is 0 Å². The first-order chi connectivity index (χ1) is 48.8. The number of benzene rings is 6. The van der Waals surface area contributed by atoms with Gasteiger partial charge in [-0.25, -0.2) is 20.0 Å². The summed E-state index contributed by atoms with van der Waals surface area (Å²) in [7, 11) is 0. The molecular weight excluding hydrogens is 1240 g/mol. The number of halogens is 1. The fourth-order valence-corrected chi connectivity index (χ4v) is 15.7. The summed E-state index contributed by atoms with van der Waals surface area (Å²) in [5.74, 6) is 6.95. The maximum atomic E-state index is 8.18. The Labute approximate surface area is 599 Å². The number of hydrogen-bond donors (Lipinski definition) is 0. The van der Waals surface area contributed by atoms with E-state index in [2.05, 4.69) is 139 Å². The molecule has 4 bridgehead atoms. The molecule has 0 saturated heterocycles. The van der Waals surface area contributed by atoms with Crippen LogP contribution in [0.15, 0.2) is 147 Å². The first-order valence-corrected chi connectivity index (χ1v) is 40.3. The molecule has 1 atom stereocenters. The van der Waals surface area contributed by atoms with Crippen molar-refractivity contribution in [3.05, 3.63) is 166 Å². The van der Waals surface area contributed by atoms with E-state index >= 15 is 0 Å². The van der Waals surface area contributed by atoms with Gasteiger partial charge in [0.05, 0.1) is 0 Å². The number of hydrogen-bond acceptors (Lipinski definition) is 7. The maximum Gasteiger partial charge on any atom is 0.201 e. The summed E-state index contributed by atoms with van der Waals surface area (Å²) >= 11 is 8.18. The van der Waals surface area contributed by atoms with E-state index < -0.39 is 5.12 Å². The molecule has 99 heavy (non-hydrogen) atoms. The second kappa shape index (κ2) is 38.7. The van der Waals surface area contributed by atoms with E-state index in [1.807, 2.05) is 25.1 Å². The van der Waals surface area contributed by atoms with Crippen molar-refractivity contribution >= 4 is 56.5 Å². The highest BCUT2D eigenvalue weighted by Gasteiger charge is 2.40. The Hall–Kier alpha value is -6.97. The van der Waals surface area contributed by atoms with Crippen LogP contribution >= 0.6 is 11.6 Å². The van der Waals surface area contributed by atoms with Gasteiger partial charge in [-0.05, 0) is 153 Å². The lowest BCUT2D eigenvalue weighted by atomic mass is 10.0. The van der Waals surface area contributed by atoms with Crippen molar-refractivity contribution in [3.8, 4) is 34.5 Å². The summed E-state index contributed by atoms with van der Waals surface area (Å²) in [4.78, 5) is 22.0. The van der Waals surface area contributed by atoms with Gasteiger partial charge in [0.1, 0.15) is 57.1 Å². The molecule has 2 aromatic heterocycles. The quantitative estimate of drug-likeness (QED) is 0.0281. The minimum atomic E-state index is -1.26. The van der Waals surface area contributed by atoms with Crippen LogP contribution in [0.25, 0.3) is 21.5 Å². The number of ether oxygens (including phenoxy) is 3. The van der Waals surface area contributed by atoms with E-state index in [1.165, 1.54) is 267 Å². The van der Waals surface area contributed by atoms with Gasteiger partial charge in [-0.3, -0.25) is 9.13 Å². The maximum absolute atomic E-state index is 8.18. The van der Waals surface area contributed by atoms with Crippen molar-refractivity contribution in [3.63, 3.8) is 0 Å². The molecule has 8 aromatic rings. The van der Waals surface area contributed by atoms with Gasteiger partial charge < -0.3 is 14.2 Å². The molecule has 0 aliphatic carbocycles. The molecule has 10 heteroatoms. The van der Waals surface area contributed by atoms with Crippen LogP contribution in [-0.2, 0) is 24.4 Å². The molecule has 0 N–H and O–H groups in total. The largest absolute Gasteiger partial charge is 0.457 e. The number of unbranched alkanes of at least 4 members (excludes halogenated alkanes) is 36. The van der Waals surface area contributed by atoms with E-state index in [0.717, 1.165) is 69.2 Å². The highest BCUT2D eigenvalue weighted by atomic mass is 35.5. The van der Waals surface area contributed by atoms with Crippen LogP contribution < -0.4 is 25.2 Å². The van der Waals surface area contributed by atoms with Crippen molar-refractivity contribution in [1.29, 1.82) is 0 Å². The second-order valence-electron chi connectivity index (χ2n) is 29.3. The van der Waals surface area contributed by atoms with E-state index in [4.69, 9.17) is 45.8 Å². The normalized spacial score (nSPS) is 15.2. The van der Waals surface area contributed by atoms with Gasteiger partial charge in [-0.2, -0.15) is 0 Å². The molecule has 11 rings (SSSR count). The van der Waals surface area contributed by atoms with E-state index in [1.54, 1.807) is 0 Å². The predicted octanol–water partition coefficient (Wildman–Crippen LogP) is 27.0. The minimum Gasteiger partial charge on any atom is -0.457 e. The van der Waals surface area contributed by atoms with Crippen molar-refractivity contribution < 1.29 is 14.2 Å². The van der Waals surface area contributed by atoms with Gasteiger partial charge in [0.15, 0.2) is 11.7 Å². The summed E-state index contributed by atoms with van der Waals surface area (Å²) in [5.41, 5.74) is 6.90. The Morgan fingerprint density at radius 3 is 1.05 bits per heavy atom. The van der Waals surface area contributed by atoms with Crippen LogP contribution in [-0.4, -0.2) is 20.8 Å². The number of aromatic nitrogens is 2. The lowest BCUT2D eigenvalue weighted by molar-refractivity contribution is 0.374. The number of amidine groups is 2. The number of aliphatic imine (C=N–C) groups is 2. The third-order valence-electron chi connectivity index (χ3n) is 21.0. The average molecular weight is 1350 g/mol. The topological polar surface area (TPSA) is 87.0 Å². The third-order valence-corrected chi connectivity index (χ3v) is 21.4. The van der Waals surface area contributed by atoms with Crippen molar-refractivity contribution in [1.82, 2.24) is 9.13 Å². The highest BCUT2D eigenvalue weighted by Crippen LogP contribution is 2.48. The van der Waals surface area contributed by atoms with Crippen LogP contribution in [0.3, 0.4) is 0 Å². The van der Waals surface area contributed by atoms with Crippen molar-refractivity contribution in [2.45, 2.75) is 302 Å². The van der Waals surface area contributed by atoms with Crippen LogP contribution in [0.2, 0.25) is 0 Å². The Balaban J connectivity index is 0.820. The number of fused-ring (bicyclic) bond motifs is 10. The Kier molecular flexibility index (Phi) is 28.7. The van der Waals surface area contributed by atoms with Gasteiger partial charge in [0.25, 0.3) is 0 Å². The fourth-order valence-electron chi connectivity index (χ4n) is 15.3. The first kappa shape index (κ1) is 73.3. The molecule has 3 aliphatic heterocycles. The number of aryl methyl sites for hydroxylation is 3. The lowest BCUT2D eigenvalue weighted by Crippen LogP contribution is -2.47. The minimum absolute atomic E-state index is 0.526. The molecule has 9 nitrogen and oxygen atoms in total. The zero-order valence-electron chi connectivity index (χ0n) is 61.1. The summed E-state index contributed by atoms with van der Waals surface area (Å²) in [6.45, 7) is 8.91. The molecule has 0 radical (unpaired) electrons. The van der Waals surface area contributed by atoms with Gasteiger partial charge >= 0.3 is 0 Å². The standard InChI is InChI=1S/C89H117ClN6O3/c1-5-8-11-14-17-20-23-26-29-32-35-38-41-47-68-50-44-53-71(62-68)97-74-56-59-77-80(65-74)84-91-83(77)92-87-81-66-75(98-72-54-45-51-69(63-72)48-42-39-36-33-30-27-24-21-18-15-12-9-6-2)58-61-79(81)86-94-88-82-67-76(57-60-78(82)85(93-84)95(88)89(4,90)96(86)87)99-73-55-46-52-70(64-73)49-43-40-37-34-31-28-25-22-19-16-13-10-7-3/h44-46,50-67H,5-43,47-49H2,1-4H3/b92-83-,92-87?,93-84?,93-85-. The zero-order valence-corrected chi connectivity index (χ0v) is 61.9. The number of rotatable bonds is 48. The molecule has 0 fully saturated rings. The summed E-state index contributed by atoms with van der Waals surface area (Å²) in [5, 5.41) is 2.25. The van der Waals surface area contributed by atoms with Crippen LogP contribution in [0, 0.1) is 0 Å². The van der Waals surface area contributed by atoms with Gasteiger partial charge in [0, 0.05) is 32.7 Å². The SMILES string of the molecule is CCCCCCCCCCCCCCCc1cccc(Oc2ccc3c(c2)C2=NC/3=N\c3c4cc(Oc5cccc(CCCCCCCCCCCCCCC)c5)ccc4c4n3C(C)(Cl)n3c(c5cc(Oc6cccc(CCCCCCCCCCCCCCC)c6)ccc5/c3=N/2)=N4)c1. The highest BCUT2D eigenvalue weighted by molar-refractivity contribution is 6.25. The van der Waals surface area contributed by atoms with E-state index in [0.29, 0.717) is 51.5 Å². The van der Waals surface area contributed by atoms with Gasteiger partial charge in [0.2, 0.25) is 5.12 Å². The molecule has 0 saturated carbocycles. The zero-order chi connectivity index (χ0) is 68.3. The fraction of sp³-hybridized carbons (Fsp3) is 0.528. The second-order valence-corrected chi connectivity index (χ2v) is 30.0.